The van der Waals surface area contributed by atoms with Gasteiger partial charge in [0.15, 0.2) is 0 Å². The molecular formula is C43H28N2. The highest BCUT2D eigenvalue weighted by Crippen LogP contribution is 2.57. The predicted molar refractivity (Wildman–Crippen MR) is 185 cm³/mol. The third-order valence-electron chi connectivity index (χ3n) is 9.41. The molecule has 0 bridgehead atoms. The average Bonchev–Trinajstić information content (AvgIpc) is 3.42. The van der Waals surface area contributed by atoms with E-state index in [4.69, 9.17) is 9.97 Å². The molecule has 0 saturated heterocycles. The molecule has 0 atom stereocenters. The summed E-state index contributed by atoms with van der Waals surface area (Å²) < 4.78 is 0. The zero-order chi connectivity index (χ0) is 29.8. The lowest BCUT2D eigenvalue weighted by Crippen LogP contribution is -2.28. The van der Waals surface area contributed by atoms with Crippen molar-refractivity contribution in [2.75, 3.05) is 0 Å². The van der Waals surface area contributed by atoms with Crippen molar-refractivity contribution in [1.82, 2.24) is 9.97 Å². The normalized spacial score (nSPS) is 13.1. The molecule has 0 radical (unpaired) electrons. The molecule has 0 spiro atoms. The topological polar surface area (TPSA) is 25.8 Å². The summed E-state index contributed by atoms with van der Waals surface area (Å²) >= 11 is 0. The van der Waals surface area contributed by atoms with Gasteiger partial charge in [-0.3, -0.25) is 9.97 Å². The molecule has 2 nitrogen and oxygen atoms in total. The molecule has 8 aromatic rings. The van der Waals surface area contributed by atoms with E-state index in [9.17, 15) is 0 Å². The standard InChI is InChI=1S/C43H28N2/c1-2-14-32-28-45-42(26-29(32)12-1)31-15-11-16-33(25-31)43(39-20-7-5-18-36(39)37-19-6-8-21-40(37)43)34-24-30-13-3-4-17-35(30)38(27-34)41-22-9-10-23-44-41/h1-28H. The van der Waals surface area contributed by atoms with Crippen molar-refractivity contribution in [2.45, 2.75) is 5.41 Å². The quantitative estimate of drug-likeness (QED) is 0.210. The number of aromatic nitrogens is 2. The number of hydrogen-bond acceptors (Lipinski definition) is 2. The smallest absolute Gasteiger partial charge is 0.0714 e. The van der Waals surface area contributed by atoms with Gasteiger partial charge in [0, 0.05) is 28.9 Å². The molecule has 0 saturated carbocycles. The summed E-state index contributed by atoms with van der Waals surface area (Å²) in [4.78, 5) is 9.74. The summed E-state index contributed by atoms with van der Waals surface area (Å²) in [6, 6.07) is 57.1. The van der Waals surface area contributed by atoms with E-state index in [0.717, 1.165) is 27.9 Å². The zero-order valence-electron chi connectivity index (χ0n) is 24.6. The molecule has 2 aromatic heterocycles. The Balaban J connectivity index is 1.38. The number of pyridine rings is 2. The van der Waals surface area contributed by atoms with E-state index in [-0.39, 0.29) is 0 Å². The van der Waals surface area contributed by atoms with Crippen LogP contribution in [0.25, 0.3) is 55.2 Å². The first kappa shape index (κ1) is 25.6. The van der Waals surface area contributed by atoms with Gasteiger partial charge in [-0.05, 0) is 85.9 Å². The van der Waals surface area contributed by atoms with Crippen molar-refractivity contribution in [3.8, 4) is 33.6 Å². The average molecular weight is 573 g/mol. The fourth-order valence-electron chi connectivity index (χ4n) is 7.44. The number of rotatable bonds is 4. The lowest BCUT2D eigenvalue weighted by Gasteiger charge is -2.35. The lowest BCUT2D eigenvalue weighted by atomic mass is 9.66. The molecule has 45 heavy (non-hydrogen) atoms. The highest BCUT2D eigenvalue weighted by Gasteiger charge is 2.46. The van der Waals surface area contributed by atoms with E-state index in [1.165, 1.54) is 49.5 Å². The highest BCUT2D eigenvalue weighted by molar-refractivity contribution is 5.98. The van der Waals surface area contributed by atoms with Gasteiger partial charge < -0.3 is 0 Å². The van der Waals surface area contributed by atoms with Crippen LogP contribution in [0.4, 0.5) is 0 Å². The molecule has 0 unspecified atom stereocenters. The number of nitrogens with zero attached hydrogens (tertiary/aromatic N) is 2. The second-order valence-corrected chi connectivity index (χ2v) is 11.8. The fourth-order valence-corrected chi connectivity index (χ4v) is 7.44. The van der Waals surface area contributed by atoms with Gasteiger partial charge in [-0.25, -0.2) is 0 Å². The molecule has 210 valence electrons. The van der Waals surface area contributed by atoms with Crippen molar-refractivity contribution >= 4 is 21.5 Å². The SMILES string of the molecule is c1ccc(-c2cc(C3(c4cccc(-c5cc6ccccc6cn5)c4)c4ccccc4-c4ccccc43)cc3ccccc23)nc1. The Morgan fingerprint density at radius 1 is 0.400 bits per heavy atom. The van der Waals surface area contributed by atoms with Gasteiger partial charge in [0.1, 0.15) is 0 Å². The van der Waals surface area contributed by atoms with Crippen LogP contribution in [0.3, 0.4) is 0 Å². The number of hydrogen-bond donors (Lipinski definition) is 0. The largest absolute Gasteiger partial charge is 0.256 e. The predicted octanol–water partition coefficient (Wildman–Crippen LogP) is 10.5. The minimum atomic E-state index is -0.548. The zero-order valence-corrected chi connectivity index (χ0v) is 24.6. The van der Waals surface area contributed by atoms with Gasteiger partial charge in [0.2, 0.25) is 0 Å². The Hall–Kier alpha value is -5.86. The maximum atomic E-state index is 4.92. The Morgan fingerprint density at radius 3 is 1.87 bits per heavy atom. The van der Waals surface area contributed by atoms with Crippen LogP contribution in [0.15, 0.2) is 170 Å². The molecule has 0 amide bonds. The van der Waals surface area contributed by atoms with Gasteiger partial charge >= 0.3 is 0 Å². The van der Waals surface area contributed by atoms with Gasteiger partial charge in [-0.1, -0.05) is 121 Å². The van der Waals surface area contributed by atoms with E-state index in [1.807, 2.05) is 18.5 Å². The van der Waals surface area contributed by atoms with Crippen LogP contribution in [0.1, 0.15) is 22.3 Å². The lowest BCUT2D eigenvalue weighted by molar-refractivity contribution is 0.770. The molecule has 2 heteroatoms. The Labute approximate surface area is 262 Å². The van der Waals surface area contributed by atoms with Crippen LogP contribution in [0, 0.1) is 0 Å². The van der Waals surface area contributed by atoms with Crippen molar-refractivity contribution in [3.63, 3.8) is 0 Å². The molecular weight excluding hydrogens is 544 g/mol. The summed E-state index contributed by atoms with van der Waals surface area (Å²) in [6.45, 7) is 0. The summed E-state index contributed by atoms with van der Waals surface area (Å²) in [5.74, 6) is 0. The summed E-state index contributed by atoms with van der Waals surface area (Å²) in [6.07, 6.45) is 3.86. The third-order valence-corrected chi connectivity index (χ3v) is 9.41. The summed E-state index contributed by atoms with van der Waals surface area (Å²) in [7, 11) is 0. The van der Waals surface area contributed by atoms with Crippen LogP contribution in [-0.2, 0) is 5.41 Å². The van der Waals surface area contributed by atoms with E-state index < -0.39 is 5.41 Å². The Morgan fingerprint density at radius 2 is 1.09 bits per heavy atom. The minimum absolute atomic E-state index is 0.548. The van der Waals surface area contributed by atoms with Crippen molar-refractivity contribution in [1.29, 1.82) is 0 Å². The minimum Gasteiger partial charge on any atom is -0.256 e. The first-order chi connectivity index (χ1) is 22.3. The first-order valence-corrected chi connectivity index (χ1v) is 15.4. The van der Waals surface area contributed by atoms with Crippen LogP contribution in [-0.4, -0.2) is 9.97 Å². The molecule has 2 heterocycles. The third kappa shape index (κ3) is 3.89. The van der Waals surface area contributed by atoms with E-state index >= 15 is 0 Å². The number of fused-ring (bicyclic) bond motifs is 5. The van der Waals surface area contributed by atoms with Crippen LogP contribution >= 0.6 is 0 Å². The highest BCUT2D eigenvalue weighted by atomic mass is 14.7. The molecule has 9 rings (SSSR count). The molecule has 0 fully saturated rings. The van der Waals surface area contributed by atoms with Gasteiger partial charge in [-0.15, -0.1) is 0 Å². The molecule has 1 aliphatic carbocycles. The van der Waals surface area contributed by atoms with E-state index in [2.05, 4.69) is 152 Å². The van der Waals surface area contributed by atoms with E-state index in [0.29, 0.717) is 0 Å². The van der Waals surface area contributed by atoms with Crippen LogP contribution in [0.5, 0.6) is 0 Å². The van der Waals surface area contributed by atoms with Crippen LogP contribution < -0.4 is 0 Å². The monoisotopic (exact) mass is 572 g/mol. The van der Waals surface area contributed by atoms with Crippen molar-refractivity contribution in [3.05, 3.63) is 192 Å². The van der Waals surface area contributed by atoms with E-state index in [1.54, 1.807) is 0 Å². The molecule has 0 N–H and O–H groups in total. The van der Waals surface area contributed by atoms with Crippen molar-refractivity contribution in [2.24, 2.45) is 0 Å². The fraction of sp³-hybridized carbons (Fsp3) is 0.0233. The van der Waals surface area contributed by atoms with Crippen LogP contribution in [0.2, 0.25) is 0 Å². The maximum absolute atomic E-state index is 4.92. The van der Waals surface area contributed by atoms with Gasteiger partial charge in [0.25, 0.3) is 0 Å². The first-order valence-electron chi connectivity index (χ1n) is 15.4. The van der Waals surface area contributed by atoms with Gasteiger partial charge in [-0.2, -0.15) is 0 Å². The van der Waals surface area contributed by atoms with Gasteiger partial charge in [0.05, 0.1) is 16.8 Å². The van der Waals surface area contributed by atoms with Crippen molar-refractivity contribution < 1.29 is 0 Å². The molecule has 0 aliphatic heterocycles. The summed E-state index contributed by atoms with van der Waals surface area (Å²) in [5.41, 5.74) is 11.2. The second-order valence-electron chi connectivity index (χ2n) is 11.8. The summed E-state index contributed by atoms with van der Waals surface area (Å²) in [5, 5.41) is 4.73. The Bertz CT molecular complexity index is 2340. The molecule has 6 aromatic carbocycles. The molecule has 1 aliphatic rings. The second kappa shape index (κ2) is 10.1. The Kier molecular flexibility index (Phi) is 5.76. The maximum Gasteiger partial charge on any atom is 0.0714 e. The number of benzene rings is 6.